The molecule has 2 aliphatic heterocycles. The molecule has 0 aliphatic carbocycles. The van der Waals surface area contributed by atoms with Gasteiger partial charge in [-0.15, -0.1) is 0 Å². The summed E-state index contributed by atoms with van der Waals surface area (Å²) in [7, 11) is 0. The van der Waals surface area contributed by atoms with E-state index in [1.807, 2.05) is 0 Å². The second-order valence-corrected chi connectivity index (χ2v) is 6.08. The van der Waals surface area contributed by atoms with E-state index < -0.39 is 0 Å². The third kappa shape index (κ3) is 2.55. The third-order valence-corrected chi connectivity index (χ3v) is 4.55. The van der Waals surface area contributed by atoms with Crippen molar-refractivity contribution in [3.8, 4) is 0 Å². The summed E-state index contributed by atoms with van der Waals surface area (Å²) in [5, 5.41) is 1.29. The Morgan fingerprint density at radius 1 is 0.818 bits per heavy atom. The van der Waals surface area contributed by atoms with E-state index in [9.17, 15) is 0 Å². The van der Waals surface area contributed by atoms with E-state index in [1.54, 1.807) is 0 Å². The van der Waals surface area contributed by atoms with Crippen LogP contribution in [0.2, 0.25) is 0 Å². The van der Waals surface area contributed by atoms with Crippen LogP contribution >= 0.6 is 0 Å². The van der Waals surface area contributed by atoms with Gasteiger partial charge >= 0.3 is 0 Å². The van der Waals surface area contributed by atoms with Crippen molar-refractivity contribution in [3.63, 3.8) is 0 Å². The number of aromatic nitrogens is 1. The molecule has 3 heterocycles. The smallest absolute Gasteiger partial charge is 0.0642 e. The lowest BCUT2D eigenvalue weighted by Crippen LogP contribution is -2.40. The predicted octanol–water partition coefficient (Wildman–Crippen LogP) is 2.15. The van der Waals surface area contributed by atoms with Gasteiger partial charge in [-0.1, -0.05) is 0 Å². The number of ether oxygens (including phenoxy) is 2. The Bertz CT molecular complexity index is 600. The molecule has 1 N–H and O–H groups in total. The maximum absolute atomic E-state index is 5.52. The summed E-state index contributed by atoms with van der Waals surface area (Å²) in [6, 6.07) is 6.86. The molecule has 4 rings (SSSR count). The fraction of sp³-hybridized carbons (Fsp3) is 0.529. The van der Waals surface area contributed by atoms with Gasteiger partial charge in [0.15, 0.2) is 0 Å². The zero-order valence-electron chi connectivity index (χ0n) is 13.1. The van der Waals surface area contributed by atoms with Crippen LogP contribution < -0.4 is 9.80 Å². The molecular weight excluding hydrogens is 278 g/mol. The quantitative estimate of drug-likeness (QED) is 0.923. The molecular formula is C17H23N3O2. The van der Waals surface area contributed by atoms with Crippen LogP contribution in [0.4, 0.5) is 11.4 Å². The van der Waals surface area contributed by atoms with E-state index in [1.165, 1.54) is 28.0 Å². The van der Waals surface area contributed by atoms with Crippen LogP contribution in [-0.4, -0.2) is 57.6 Å². The first-order valence-corrected chi connectivity index (χ1v) is 8.10. The summed E-state index contributed by atoms with van der Waals surface area (Å²) < 4.78 is 11.0. The predicted molar refractivity (Wildman–Crippen MR) is 89.1 cm³/mol. The summed E-state index contributed by atoms with van der Waals surface area (Å²) in [5.74, 6) is 0. The summed E-state index contributed by atoms with van der Waals surface area (Å²) in [5.41, 5.74) is 5.08. The molecule has 5 nitrogen and oxygen atoms in total. The highest BCUT2D eigenvalue weighted by Gasteiger charge is 2.21. The molecule has 0 atom stereocenters. The number of H-pyrrole nitrogens is 1. The molecule has 2 aliphatic rings. The van der Waals surface area contributed by atoms with Gasteiger partial charge in [0.1, 0.15) is 0 Å². The van der Waals surface area contributed by atoms with Crippen molar-refractivity contribution >= 4 is 22.3 Å². The SMILES string of the molecule is Cc1cc2cc(N3CCOCC3)c(N3CCOCC3)cc2[nH]1. The van der Waals surface area contributed by atoms with Gasteiger partial charge in [0, 0.05) is 42.8 Å². The lowest BCUT2D eigenvalue weighted by Gasteiger charge is -2.36. The van der Waals surface area contributed by atoms with E-state index in [4.69, 9.17) is 9.47 Å². The van der Waals surface area contributed by atoms with Crippen LogP contribution in [-0.2, 0) is 9.47 Å². The van der Waals surface area contributed by atoms with Gasteiger partial charge in [0.2, 0.25) is 0 Å². The molecule has 5 heteroatoms. The number of aryl methyl sites for hydroxylation is 1. The first-order chi connectivity index (χ1) is 10.8. The Morgan fingerprint density at radius 3 is 1.95 bits per heavy atom. The number of anilines is 2. The molecule has 0 bridgehead atoms. The maximum Gasteiger partial charge on any atom is 0.0642 e. The van der Waals surface area contributed by atoms with Crippen LogP contribution in [0.3, 0.4) is 0 Å². The summed E-state index contributed by atoms with van der Waals surface area (Å²) in [6.45, 7) is 9.21. The average Bonchev–Trinajstić information content (AvgIpc) is 2.94. The largest absolute Gasteiger partial charge is 0.378 e. The summed E-state index contributed by atoms with van der Waals surface area (Å²) in [4.78, 5) is 8.37. The van der Waals surface area contributed by atoms with Crippen molar-refractivity contribution in [2.24, 2.45) is 0 Å². The number of hydrogen-bond donors (Lipinski definition) is 1. The van der Waals surface area contributed by atoms with Crippen molar-refractivity contribution in [1.29, 1.82) is 0 Å². The van der Waals surface area contributed by atoms with Crippen molar-refractivity contribution in [2.45, 2.75) is 6.92 Å². The molecule has 0 amide bonds. The zero-order chi connectivity index (χ0) is 14.9. The number of aromatic amines is 1. The lowest BCUT2D eigenvalue weighted by molar-refractivity contribution is 0.121. The van der Waals surface area contributed by atoms with Crippen molar-refractivity contribution in [1.82, 2.24) is 4.98 Å². The molecule has 118 valence electrons. The first kappa shape index (κ1) is 13.9. The van der Waals surface area contributed by atoms with Gasteiger partial charge < -0.3 is 24.3 Å². The minimum Gasteiger partial charge on any atom is -0.378 e. The van der Waals surface area contributed by atoms with E-state index >= 15 is 0 Å². The van der Waals surface area contributed by atoms with Crippen LogP contribution in [0.15, 0.2) is 18.2 Å². The van der Waals surface area contributed by atoms with Crippen LogP contribution in [0.1, 0.15) is 5.69 Å². The van der Waals surface area contributed by atoms with Gasteiger partial charge in [-0.3, -0.25) is 0 Å². The molecule has 0 saturated carbocycles. The molecule has 2 fully saturated rings. The van der Waals surface area contributed by atoms with Crippen molar-refractivity contribution < 1.29 is 9.47 Å². The molecule has 2 aromatic rings. The molecule has 0 spiro atoms. The third-order valence-electron chi connectivity index (χ3n) is 4.55. The van der Waals surface area contributed by atoms with E-state index in [2.05, 4.69) is 39.9 Å². The molecule has 1 aromatic heterocycles. The standard InChI is InChI=1S/C17H23N3O2/c1-13-10-14-11-16(19-2-6-21-7-3-19)17(12-15(14)18-13)20-4-8-22-9-5-20/h10-12,18H,2-9H2,1H3. The molecule has 2 saturated heterocycles. The Kier molecular flexibility index (Phi) is 3.68. The Hall–Kier alpha value is -1.72. The highest BCUT2D eigenvalue weighted by atomic mass is 16.5. The van der Waals surface area contributed by atoms with E-state index in [0.717, 1.165) is 52.6 Å². The minimum atomic E-state index is 0.810. The first-order valence-electron chi connectivity index (χ1n) is 8.10. The normalized spacial score (nSPS) is 19.9. The number of hydrogen-bond acceptors (Lipinski definition) is 4. The number of rotatable bonds is 2. The molecule has 0 unspecified atom stereocenters. The van der Waals surface area contributed by atoms with Gasteiger partial charge in [-0.25, -0.2) is 0 Å². The number of morpholine rings is 2. The second kappa shape index (κ2) is 5.82. The molecule has 1 aromatic carbocycles. The highest BCUT2D eigenvalue weighted by Crippen LogP contribution is 2.35. The van der Waals surface area contributed by atoms with Gasteiger partial charge in [-0.2, -0.15) is 0 Å². The Labute approximate surface area is 130 Å². The summed E-state index contributed by atoms with van der Waals surface area (Å²) in [6.07, 6.45) is 0. The number of nitrogens with one attached hydrogen (secondary N) is 1. The minimum absolute atomic E-state index is 0.810. The molecule has 0 radical (unpaired) electrons. The van der Waals surface area contributed by atoms with Crippen LogP contribution in [0, 0.1) is 6.92 Å². The Balaban J connectivity index is 1.79. The monoisotopic (exact) mass is 301 g/mol. The number of fused-ring (bicyclic) bond motifs is 1. The number of nitrogens with zero attached hydrogens (tertiary/aromatic N) is 2. The zero-order valence-corrected chi connectivity index (χ0v) is 13.1. The van der Waals surface area contributed by atoms with Crippen molar-refractivity contribution in [2.75, 3.05) is 62.4 Å². The van der Waals surface area contributed by atoms with Crippen LogP contribution in [0.25, 0.3) is 10.9 Å². The fourth-order valence-electron chi connectivity index (χ4n) is 3.42. The van der Waals surface area contributed by atoms with Gasteiger partial charge in [0.05, 0.1) is 37.8 Å². The highest BCUT2D eigenvalue weighted by molar-refractivity contribution is 5.91. The van der Waals surface area contributed by atoms with E-state index in [-0.39, 0.29) is 0 Å². The van der Waals surface area contributed by atoms with Gasteiger partial charge in [-0.05, 0) is 25.1 Å². The van der Waals surface area contributed by atoms with Gasteiger partial charge in [0.25, 0.3) is 0 Å². The Morgan fingerprint density at radius 2 is 1.36 bits per heavy atom. The maximum atomic E-state index is 5.52. The number of benzene rings is 1. The second-order valence-electron chi connectivity index (χ2n) is 6.08. The lowest BCUT2D eigenvalue weighted by atomic mass is 10.1. The van der Waals surface area contributed by atoms with E-state index in [0.29, 0.717) is 0 Å². The molecule has 22 heavy (non-hydrogen) atoms. The topological polar surface area (TPSA) is 40.7 Å². The van der Waals surface area contributed by atoms with Crippen LogP contribution in [0.5, 0.6) is 0 Å². The average molecular weight is 301 g/mol. The summed E-state index contributed by atoms with van der Waals surface area (Å²) >= 11 is 0. The van der Waals surface area contributed by atoms with Crippen molar-refractivity contribution in [3.05, 3.63) is 23.9 Å². The fourth-order valence-corrected chi connectivity index (χ4v) is 3.42.